The van der Waals surface area contributed by atoms with E-state index < -0.39 is 17.7 Å². The largest absolute Gasteiger partial charge is 0.459 e. The van der Waals surface area contributed by atoms with Crippen LogP contribution in [0.2, 0.25) is 0 Å². The van der Waals surface area contributed by atoms with Gasteiger partial charge in [0.2, 0.25) is 11.7 Å². The van der Waals surface area contributed by atoms with Gasteiger partial charge in [-0.25, -0.2) is 0 Å². The number of aliphatic hydroxyl groups is 3. The zero-order chi connectivity index (χ0) is 39.5. The number of aliphatic hydroxyl groups excluding tert-OH is 3. The Morgan fingerprint density at radius 2 is 1.77 bits per heavy atom. The number of allylic oxidation sites excluding steroid dienone is 1. The summed E-state index contributed by atoms with van der Waals surface area (Å²) in [6.07, 6.45) is 12.9. The number of hydrogen-bond acceptors (Lipinski definition) is 11. The SMILES string of the molecule is C=CCOC12Oc3ccc(Oc4ccc(SC)cc4)cc3C3C(CCCCO)C(CCCCO)C=C(C(=NOCC)CC1N(CCOCCO)C(=O)C1CC1)C32. The number of carbonyl (C=O) groups excluding carboxylic acids is 1. The topological polar surface area (TPSA) is 140 Å². The van der Waals surface area contributed by atoms with Gasteiger partial charge in [0.1, 0.15) is 29.9 Å². The molecule has 0 bridgehead atoms. The van der Waals surface area contributed by atoms with Gasteiger partial charge in [0.25, 0.3) is 0 Å². The molecule has 0 spiro atoms. The summed E-state index contributed by atoms with van der Waals surface area (Å²) in [6.45, 7) is 7.34. The maximum Gasteiger partial charge on any atom is 0.239 e. The fourth-order valence-corrected chi connectivity index (χ4v) is 9.36. The van der Waals surface area contributed by atoms with Crippen molar-refractivity contribution in [1.29, 1.82) is 0 Å². The van der Waals surface area contributed by atoms with E-state index in [1.54, 1.807) is 17.8 Å². The molecule has 6 atom stereocenters. The van der Waals surface area contributed by atoms with E-state index in [1.807, 2.05) is 54.5 Å². The van der Waals surface area contributed by atoms with Crippen molar-refractivity contribution in [2.24, 2.45) is 28.8 Å². The van der Waals surface area contributed by atoms with Crippen LogP contribution in [0.25, 0.3) is 0 Å². The molecule has 0 aromatic heterocycles. The Morgan fingerprint density at radius 3 is 2.45 bits per heavy atom. The minimum Gasteiger partial charge on any atom is -0.459 e. The molecule has 12 heteroatoms. The number of thioether (sulfide) groups is 1. The van der Waals surface area contributed by atoms with Gasteiger partial charge >= 0.3 is 0 Å². The van der Waals surface area contributed by atoms with Crippen molar-refractivity contribution >= 4 is 23.4 Å². The lowest BCUT2D eigenvalue weighted by atomic mass is 9.55. The number of carbonyl (C=O) groups is 1. The summed E-state index contributed by atoms with van der Waals surface area (Å²) < 4.78 is 26.6. The Bertz CT molecular complexity index is 1660. The second kappa shape index (κ2) is 20.3. The van der Waals surface area contributed by atoms with Crippen molar-refractivity contribution in [2.45, 2.75) is 87.4 Å². The van der Waals surface area contributed by atoms with Gasteiger partial charge in [-0.05, 0) is 112 Å². The summed E-state index contributed by atoms with van der Waals surface area (Å²) in [5.74, 6) is 0.398. The Balaban J connectivity index is 1.55. The van der Waals surface area contributed by atoms with E-state index >= 15 is 0 Å². The first-order chi connectivity index (χ1) is 27.4. The molecule has 306 valence electrons. The van der Waals surface area contributed by atoms with Crippen LogP contribution in [0.1, 0.15) is 76.2 Å². The van der Waals surface area contributed by atoms with E-state index in [0.29, 0.717) is 43.9 Å². The predicted octanol–water partition coefficient (Wildman–Crippen LogP) is 7.10. The zero-order valence-electron chi connectivity index (χ0n) is 33.0. The van der Waals surface area contributed by atoms with Crippen molar-refractivity contribution in [1.82, 2.24) is 4.90 Å². The molecule has 2 aromatic rings. The highest BCUT2D eigenvalue weighted by atomic mass is 32.2. The average molecular weight is 793 g/mol. The highest BCUT2D eigenvalue weighted by Crippen LogP contribution is 2.62. The average Bonchev–Trinajstić information content (AvgIpc) is 4.07. The van der Waals surface area contributed by atoms with Crippen LogP contribution in [0, 0.1) is 23.7 Å². The molecule has 2 aromatic carbocycles. The molecular weight excluding hydrogens is 733 g/mol. The lowest BCUT2D eigenvalue weighted by molar-refractivity contribution is -0.258. The summed E-state index contributed by atoms with van der Waals surface area (Å²) >= 11 is 1.68. The van der Waals surface area contributed by atoms with Crippen LogP contribution >= 0.6 is 11.8 Å². The van der Waals surface area contributed by atoms with Crippen molar-refractivity contribution in [3.8, 4) is 17.2 Å². The zero-order valence-corrected chi connectivity index (χ0v) is 33.8. The summed E-state index contributed by atoms with van der Waals surface area (Å²) in [7, 11) is 0. The van der Waals surface area contributed by atoms with Gasteiger partial charge in [0.15, 0.2) is 0 Å². The van der Waals surface area contributed by atoms with Gasteiger partial charge in [-0.2, -0.15) is 0 Å². The molecule has 1 aliphatic heterocycles. The highest BCUT2D eigenvalue weighted by Gasteiger charge is 2.65. The Morgan fingerprint density at radius 1 is 1.02 bits per heavy atom. The van der Waals surface area contributed by atoms with E-state index in [2.05, 4.69) is 18.7 Å². The van der Waals surface area contributed by atoms with Crippen molar-refractivity contribution < 1.29 is 43.9 Å². The smallest absolute Gasteiger partial charge is 0.239 e. The van der Waals surface area contributed by atoms with Gasteiger partial charge in [-0.15, -0.1) is 18.3 Å². The number of amides is 1. The lowest BCUT2D eigenvalue weighted by Gasteiger charge is -2.60. The van der Waals surface area contributed by atoms with Crippen molar-refractivity contribution in [2.75, 3.05) is 59.0 Å². The molecule has 6 unspecified atom stereocenters. The third-order valence-electron chi connectivity index (χ3n) is 11.5. The molecule has 1 amide bonds. The molecule has 2 saturated carbocycles. The van der Waals surface area contributed by atoms with Crippen LogP contribution in [0.3, 0.4) is 0 Å². The number of rotatable bonds is 23. The summed E-state index contributed by atoms with van der Waals surface area (Å²) in [4.78, 5) is 23.3. The summed E-state index contributed by atoms with van der Waals surface area (Å²) in [5, 5.41) is 34.0. The maximum absolute atomic E-state index is 14.4. The van der Waals surface area contributed by atoms with Gasteiger partial charge < -0.3 is 44.0 Å². The number of benzene rings is 2. The fraction of sp³-hybridized carbons (Fsp3) is 0.591. The molecule has 0 saturated heterocycles. The van der Waals surface area contributed by atoms with E-state index in [-0.39, 0.29) is 69.2 Å². The summed E-state index contributed by atoms with van der Waals surface area (Å²) in [6, 6.07) is 13.4. The summed E-state index contributed by atoms with van der Waals surface area (Å²) in [5.41, 5.74) is 2.76. The van der Waals surface area contributed by atoms with E-state index in [9.17, 15) is 20.1 Å². The highest BCUT2D eigenvalue weighted by molar-refractivity contribution is 7.98. The molecule has 3 aliphatic carbocycles. The molecule has 56 heavy (non-hydrogen) atoms. The third-order valence-corrected chi connectivity index (χ3v) is 12.3. The van der Waals surface area contributed by atoms with Crippen LogP contribution in [0.5, 0.6) is 17.2 Å². The predicted molar refractivity (Wildman–Crippen MR) is 217 cm³/mol. The normalized spacial score (nSPS) is 25.8. The minimum atomic E-state index is -1.33. The lowest BCUT2D eigenvalue weighted by Crippen LogP contribution is -2.70. The number of oxime groups is 1. The molecule has 0 radical (unpaired) electrons. The molecule has 11 nitrogen and oxygen atoms in total. The van der Waals surface area contributed by atoms with Gasteiger partial charge in [0.05, 0.1) is 38.1 Å². The second-order valence-electron chi connectivity index (χ2n) is 15.1. The fourth-order valence-electron chi connectivity index (χ4n) is 8.95. The molecule has 4 aliphatic rings. The second-order valence-corrected chi connectivity index (χ2v) is 16.0. The van der Waals surface area contributed by atoms with E-state index in [1.165, 1.54) is 0 Å². The standard InChI is InChI=1S/C44H60N2O9S/c1-4-24-52-44-40(46(20-25-51-26-23-49)43(50)30-12-13-30)29-38(45-53-5-2)36-27-31(10-6-8-21-47)35(11-7-9-22-48)41(42(36)44)37-28-33(16-19-39(37)55-44)54-32-14-17-34(56-3)18-15-32/h4,14-19,27-28,30-31,35,40-42,47-49H,1,5-13,20-26,29H2,2-3H3. The number of ether oxygens (including phenoxy) is 4. The minimum absolute atomic E-state index is 0.0340. The quantitative estimate of drug-likeness (QED) is 0.0462. The van der Waals surface area contributed by atoms with E-state index in [4.69, 9.17) is 28.9 Å². The van der Waals surface area contributed by atoms with Gasteiger partial charge in [0, 0.05) is 48.5 Å². The Labute approximate surface area is 336 Å². The first-order valence-electron chi connectivity index (χ1n) is 20.4. The third kappa shape index (κ3) is 9.48. The van der Waals surface area contributed by atoms with Gasteiger partial charge in [-0.3, -0.25) is 4.79 Å². The van der Waals surface area contributed by atoms with Gasteiger partial charge in [-0.1, -0.05) is 30.1 Å². The van der Waals surface area contributed by atoms with Crippen LogP contribution < -0.4 is 9.47 Å². The van der Waals surface area contributed by atoms with E-state index in [0.717, 1.165) is 66.0 Å². The van der Waals surface area contributed by atoms with Crippen LogP contribution in [0.4, 0.5) is 0 Å². The number of fused-ring (bicyclic) bond motifs is 2. The molecular formula is C44H60N2O9S. The van der Waals surface area contributed by atoms with Crippen LogP contribution in [-0.4, -0.2) is 103 Å². The number of hydrogen-bond donors (Lipinski definition) is 3. The number of unbranched alkanes of at least 4 members (excludes halogenated alkanes) is 2. The van der Waals surface area contributed by atoms with Crippen molar-refractivity contribution in [3.63, 3.8) is 0 Å². The Hall–Kier alpha value is -3.39. The Kier molecular flexibility index (Phi) is 15.3. The molecule has 6 rings (SSSR count). The van der Waals surface area contributed by atoms with Crippen molar-refractivity contribution in [3.05, 3.63) is 72.3 Å². The molecule has 2 fully saturated rings. The van der Waals surface area contributed by atoms with Crippen LogP contribution in [0.15, 0.2) is 76.8 Å². The maximum atomic E-state index is 14.4. The number of nitrogens with zero attached hydrogens (tertiary/aromatic N) is 2. The first kappa shape index (κ1) is 42.2. The molecule has 3 N–H and O–H groups in total. The molecule has 1 heterocycles. The monoisotopic (exact) mass is 792 g/mol. The first-order valence-corrected chi connectivity index (χ1v) is 21.7. The van der Waals surface area contributed by atoms with Crippen LogP contribution in [-0.2, 0) is 19.1 Å².